The van der Waals surface area contributed by atoms with E-state index in [0.717, 1.165) is 35.5 Å². The summed E-state index contributed by atoms with van der Waals surface area (Å²) in [6.45, 7) is 1.51. The number of anilines is 1. The fourth-order valence-electron chi connectivity index (χ4n) is 3.39. The topological polar surface area (TPSA) is 46.3 Å². The molecule has 0 fully saturated rings. The lowest BCUT2D eigenvalue weighted by Crippen LogP contribution is -2.27. The summed E-state index contributed by atoms with van der Waals surface area (Å²) in [7, 11) is 0. The van der Waals surface area contributed by atoms with E-state index >= 15 is 0 Å². The molecule has 0 atom stereocenters. The van der Waals surface area contributed by atoms with Gasteiger partial charge in [-0.2, -0.15) is 9.78 Å². The highest BCUT2D eigenvalue weighted by atomic mass is 35.5. The summed E-state index contributed by atoms with van der Waals surface area (Å²) in [6.07, 6.45) is 1.82. The Labute approximate surface area is 197 Å². The molecule has 0 amide bonds. The Morgan fingerprint density at radius 1 is 0.719 bits per heavy atom. The van der Waals surface area contributed by atoms with E-state index in [4.69, 9.17) is 28.3 Å². The van der Waals surface area contributed by atoms with Crippen molar-refractivity contribution in [2.45, 2.75) is 0 Å². The van der Waals surface area contributed by atoms with Gasteiger partial charge in [0.1, 0.15) is 0 Å². The predicted molar refractivity (Wildman–Crippen MR) is 134 cm³/mol. The van der Waals surface area contributed by atoms with Crippen LogP contribution in [0.2, 0.25) is 0 Å². The first-order valence-electron chi connectivity index (χ1n) is 10.4. The average molecular weight is 464 g/mol. The number of alkyl halides is 2. The lowest BCUT2D eigenvalue weighted by molar-refractivity contribution is 0.874. The largest absolute Gasteiger partial charge is 0.369 e. The molecule has 0 saturated heterocycles. The summed E-state index contributed by atoms with van der Waals surface area (Å²) in [5, 5.41) is 13.6. The third-order valence-electron chi connectivity index (χ3n) is 4.99. The molecule has 1 heterocycles. The molecule has 1 aromatic heterocycles. The summed E-state index contributed by atoms with van der Waals surface area (Å²) < 4.78 is 1.78. The maximum atomic E-state index is 5.93. The van der Waals surface area contributed by atoms with Crippen LogP contribution < -0.4 is 4.90 Å². The number of nitrogens with zero attached hydrogens (tertiary/aromatic N) is 5. The normalized spacial score (nSPS) is 11.2. The molecule has 4 rings (SSSR count). The zero-order chi connectivity index (χ0) is 22.2. The van der Waals surface area contributed by atoms with Crippen LogP contribution in [0, 0.1) is 0 Å². The zero-order valence-corrected chi connectivity index (χ0v) is 19.0. The Kier molecular flexibility index (Phi) is 7.54. The number of aromatic nitrogens is 3. The molecular weight excluding hydrogens is 441 g/mol. The lowest BCUT2D eigenvalue weighted by atomic mass is 10.2. The van der Waals surface area contributed by atoms with Crippen LogP contribution in [0.4, 0.5) is 5.69 Å². The van der Waals surface area contributed by atoms with E-state index < -0.39 is 0 Å². The third kappa shape index (κ3) is 5.18. The highest BCUT2D eigenvalue weighted by Gasteiger charge is 2.14. The van der Waals surface area contributed by atoms with Gasteiger partial charge in [-0.15, -0.1) is 33.4 Å². The maximum Gasteiger partial charge on any atom is 0.185 e. The molecule has 0 radical (unpaired) electrons. The minimum Gasteiger partial charge on any atom is -0.369 e. The first kappa shape index (κ1) is 22.1. The van der Waals surface area contributed by atoms with Crippen molar-refractivity contribution < 1.29 is 0 Å². The van der Waals surface area contributed by atoms with Gasteiger partial charge >= 0.3 is 0 Å². The second-order valence-electron chi connectivity index (χ2n) is 7.09. The number of benzene rings is 3. The smallest absolute Gasteiger partial charge is 0.185 e. The summed E-state index contributed by atoms with van der Waals surface area (Å²) in [6, 6.07) is 28.1. The predicted octanol–water partition coefficient (Wildman–Crippen LogP) is 5.78. The van der Waals surface area contributed by atoms with E-state index in [0.29, 0.717) is 23.4 Å². The highest BCUT2D eigenvalue weighted by molar-refractivity contribution is 6.18. The molecule has 32 heavy (non-hydrogen) atoms. The van der Waals surface area contributed by atoms with Crippen LogP contribution in [0.3, 0.4) is 0 Å². The van der Waals surface area contributed by atoms with Gasteiger partial charge < -0.3 is 4.90 Å². The summed E-state index contributed by atoms with van der Waals surface area (Å²) in [5.41, 5.74) is 3.96. The fourth-order valence-corrected chi connectivity index (χ4v) is 3.80. The number of hydrogen-bond donors (Lipinski definition) is 0. The van der Waals surface area contributed by atoms with Gasteiger partial charge in [-0.3, -0.25) is 0 Å². The van der Waals surface area contributed by atoms with Crippen molar-refractivity contribution in [3.8, 4) is 22.8 Å². The highest BCUT2D eigenvalue weighted by Crippen LogP contribution is 2.24. The van der Waals surface area contributed by atoms with Crippen LogP contribution in [-0.4, -0.2) is 45.9 Å². The summed E-state index contributed by atoms with van der Waals surface area (Å²) in [5.74, 6) is 2.48. The minimum atomic E-state index is 0.554. The number of rotatable bonds is 9. The summed E-state index contributed by atoms with van der Waals surface area (Å²) >= 11 is 11.9. The van der Waals surface area contributed by atoms with Crippen molar-refractivity contribution in [3.63, 3.8) is 0 Å². The Morgan fingerprint density at radius 2 is 1.22 bits per heavy atom. The van der Waals surface area contributed by atoms with Crippen LogP contribution in [0.25, 0.3) is 22.8 Å². The van der Waals surface area contributed by atoms with Gasteiger partial charge in [-0.25, -0.2) is 0 Å². The van der Waals surface area contributed by atoms with Crippen LogP contribution in [0.15, 0.2) is 90.0 Å². The SMILES string of the molecule is ClCCN(CCCl)c1ccc(C=Nn2c(-c3ccccc3)nnc2-c2ccccc2)cc1. The standard InChI is InChI=1S/C25H23Cl2N5/c26-15-17-31(18-16-27)23-13-11-20(12-14-23)19-28-32-24(21-7-3-1-4-8-21)29-30-25(32)22-9-5-2-6-10-22/h1-14,19H,15-18H2. The maximum absolute atomic E-state index is 5.93. The van der Waals surface area contributed by atoms with Gasteiger partial charge in [-0.1, -0.05) is 72.8 Å². The van der Waals surface area contributed by atoms with Crippen molar-refractivity contribution in [3.05, 3.63) is 90.5 Å². The van der Waals surface area contributed by atoms with Gasteiger partial charge in [0.05, 0.1) is 6.21 Å². The summed E-state index contributed by atoms with van der Waals surface area (Å²) in [4.78, 5) is 2.17. The van der Waals surface area contributed by atoms with Crippen molar-refractivity contribution in [1.29, 1.82) is 0 Å². The van der Waals surface area contributed by atoms with E-state index in [1.54, 1.807) is 4.68 Å². The van der Waals surface area contributed by atoms with Crippen LogP contribution in [0.1, 0.15) is 5.56 Å². The van der Waals surface area contributed by atoms with E-state index in [-0.39, 0.29) is 0 Å². The van der Waals surface area contributed by atoms with Crippen LogP contribution in [0.5, 0.6) is 0 Å². The molecule has 3 aromatic carbocycles. The molecule has 0 aliphatic heterocycles. The molecule has 0 bridgehead atoms. The molecule has 0 N–H and O–H groups in total. The number of hydrogen-bond acceptors (Lipinski definition) is 4. The second-order valence-corrected chi connectivity index (χ2v) is 7.85. The molecular formula is C25H23Cl2N5. The molecule has 0 aliphatic carbocycles. The number of halogens is 2. The zero-order valence-electron chi connectivity index (χ0n) is 17.5. The average Bonchev–Trinajstić information content (AvgIpc) is 3.28. The molecule has 0 aliphatic rings. The Hall–Kier alpha value is -3.15. The molecule has 7 heteroatoms. The van der Waals surface area contributed by atoms with Crippen LogP contribution in [-0.2, 0) is 0 Å². The van der Waals surface area contributed by atoms with Crippen molar-refractivity contribution in [1.82, 2.24) is 14.9 Å². The third-order valence-corrected chi connectivity index (χ3v) is 5.33. The molecule has 0 spiro atoms. The quantitative estimate of drug-likeness (QED) is 0.233. The first-order chi connectivity index (χ1) is 15.8. The van der Waals surface area contributed by atoms with Crippen LogP contribution >= 0.6 is 23.2 Å². The van der Waals surface area contributed by atoms with Crippen molar-refractivity contribution in [2.24, 2.45) is 5.10 Å². The molecule has 4 aromatic rings. The van der Waals surface area contributed by atoms with Gasteiger partial charge in [0, 0.05) is 41.7 Å². The van der Waals surface area contributed by atoms with Gasteiger partial charge in [0.15, 0.2) is 11.6 Å². The van der Waals surface area contributed by atoms with Gasteiger partial charge in [0.25, 0.3) is 0 Å². The van der Waals surface area contributed by atoms with E-state index in [1.165, 1.54) is 0 Å². The molecule has 5 nitrogen and oxygen atoms in total. The Balaban J connectivity index is 1.66. The first-order valence-corrected chi connectivity index (χ1v) is 11.4. The monoisotopic (exact) mass is 463 g/mol. The van der Waals surface area contributed by atoms with Gasteiger partial charge in [-0.05, 0) is 17.7 Å². The van der Waals surface area contributed by atoms with E-state index in [1.807, 2.05) is 79.0 Å². The Morgan fingerprint density at radius 3 is 1.69 bits per heavy atom. The van der Waals surface area contributed by atoms with E-state index in [2.05, 4.69) is 27.2 Å². The van der Waals surface area contributed by atoms with Crippen molar-refractivity contribution >= 4 is 35.1 Å². The lowest BCUT2D eigenvalue weighted by Gasteiger charge is -2.22. The van der Waals surface area contributed by atoms with Gasteiger partial charge in [0.2, 0.25) is 0 Å². The van der Waals surface area contributed by atoms with E-state index in [9.17, 15) is 0 Å². The fraction of sp³-hybridized carbons (Fsp3) is 0.160. The second kappa shape index (κ2) is 10.9. The molecule has 0 unspecified atom stereocenters. The van der Waals surface area contributed by atoms with Crippen molar-refractivity contribution in [2.75, 3.05) is 29.7 Å². The Bertz CT molecular complexity index is 1080. The minimum absolute atomic E-state index is 0.554. The molecule has 0 saturated carbocycles. The molecule has 162 valence electrons.